The molecule has 3 heterocycles. The zero-order chi connectivity index (χ0) is 20.3. The van der Waals surface area contributed by atoms with Gasteiger partial charge in [-0.3, -0.25) is 9.48 Å². The van der Waals surface area contributed by atoms with Gasteiger partial charge in [-0.05, 0) is 13.0 Å². The fraction of sp³-hybridized carbons (Fsp3) is 0.278. The van der Waals surface area contributed by atoms with Crippen molar-refractivity contribution >= 4 is 28.4 Å². The lowest BCUT2D eigenvalue weighted by atomic mass is 10.1. The maximum atomic E-state index is 15.4. The molecule has 0 saturated carbocycles. The van der Waals surface area contributed by atoms with Gasteiger partial charge in [0, 0.05) is 31.9 Å². The normalized spacial score (nSPS) is 13.4. The number of halogens is 2. The van der Waals surface area contributed by atoms with Gasteiger partial charge >= 0.3 is 5.97 Å². The number of aryl methyl sites for hydroxylation is 2. The molecule has 2 aromatic heterocycles. The third-order valence-corrected chi connectivity index (χ3v) is 5.11. The lowest BCUT2D eigenvalue weighted by Crippen LogP contribution is -2.23. The van der Waals surface area contributed by atoms with Gasteiger partial charge in [0.2, 0.25) is 5.43 Å². The number of aromatic carboxylic acids is 1. The molecule has 3 aromatic rings. The molecule has 28 heavy (non-hydrogen) atoms. The lowest BCUT2D eigenvalue weighted by Gasteiger charge is -2.22. The van der Waals surface area contributed by atoms with Gasteiger partial charge in [0.15, 0.2) is 11.6 Å². The number of carbonyl (C=O) groups is 1. The molecule has 0 atom stereocenters. The Kier molecular flexibility index (Phi) is 3.88. The molecule has 0 amide bonds. The first-order valence-electron chi connectivity index (χ1n) is 8.58. The molecule has 1 aliphatic heterocycles. The average Bonchev–Trinajstić information content (AvgIpc) is 3.17. The summed E-state index contributed by atoms with van der Waals surface area (Å²) in [5.74, 6) is -2.99. The lowest BCUT2D eigenvalue weighted by molar-refractivity contribution is 0.0695. The Morgan fingerprint density at radius 1 is 1.36 bits per heavy atom. The molecular weight excluding hydrogens is 372 g/mol. The Bertz CT molecular complexity index is 1190. The highest BCUT2D eigenvalue weighted by Gasteiger charge is 2.31. The van der Waals surface area contributed by atoms with Crippen LogP contribution < -0.4 is 16.1 Å². The van der Waals surface area contributed by atoms with Crippen LogP contribution in [0.4, 0.5) is 20.3 Å². The molecular formula is C18H17F2N5O3. The van der Waals surface area contributed by atoms with Crippen LogP contribution in [0.15, 0.2) is 17.1 Å². The number of pyridine rings is 1. The van der Waals surface area contributed by atoms with Gasteiger partial charge in [-0.15, -0.1) is 0 Å². The predicted molar refractivity (Wildman–Crippen MR) is 98.3 cm³/mol. The van der Waals surface area contributed by atoms with Crippen LogP contribution in [-0.2, 0) is 26.7 Å². The monoisotopic (exact) mass is 389 g/mol. The molecule has 0 bridgehead atoms. The van der Waals surface area contributed by atoms with Crippen molar-refractivity contribution in [3.05, 3.63) is 50.9 Å². The van der Waals surface area contributed by atoms with Crippen LogP contribution in [-0.4, -0.2) is 25.4 Å². The number of anilines is 2. The van der Waals surface area contributed by atoms with E-state index < -0.39 is 28.6 Å². The first-order chi connectivity index (χ1) is 13.2. The van der Waals surface area contributed by atoms with E-state index in [1.807, 2.05) is 0 Å². The molecule has 0 spiro atoms. The van der Waals surface area contributed by atoms with Crippen LogP contribution in [0.25, 0.3) is 10.9 Å². The molecule has 0 aliphatic carbocycles. The number of hydrogen-bond donors (Lipinski definition) is 2. The molecule has 8 nitrogen and oxygen atoms in total. The third-order valence-electron chi connectivity index (χ3n) is 5.11. The number of carboxylic acid groups (broad SMARTS) is 1. The summed E-state index contributed by atoms with van der Waals surface area (Å²) in [5.41, 5.74) is 5.45. The van der Waals surface area contributed by atoms with Gasteiger partial charge in [-0.1, -0.05) is 0 Å². The topological polar surface area (TPSA) is 106 Å². The van der Waals surface area contributed by atoms with Crippen LogP contribution in [0.3, 0.4) is 0 Å². The molecule has 1 aromatic carbocycles. The summed E-state index contributed by atoms with van der Waals surface area (Å²) in [6.07, 6.45) is 1.08. The molecule has 0 radical (unpaired) electrons. The van der Waals surface area contributed by atoms with Crippen LogP contribution >= 0.6 is 0 Å². The van der Waals surface area contributed by atoms with E-state index >= 15 is 4.39 Å². The van der Waals surface area contributed by atoms with Crippen LogP contribution in [0.1, 0.15) is 28.5 Å². The summed E-state index contributed by atoms with van der Waals surface area (Å²) in [5, 5.41) is 13.0. The molecule has 1 aliphatic rings. The van der Waals surface area contributed by atoms with Crippen LogP contribution in [0, 0.1) is 11.6 Å². The molecule has 146 valence electrons. The second-order valence-corrected chi connectivity index (χ2v) is 6.67. The fourth-order valence-electron chi connectivity index (χ4n) is 3.75. The summed E-state index contributed by atoms with van der Waals surface area (Å²) < 4.78 is 33.2. The van der Waals surface area contributed by atoms with Gasteiger partial charge in [0.05, 0.1) is 23.1 Å². The highest BCUT2D eigenvalue weighted by molar-refractivity contribution is 5.94. The maximum absolute atomic E-state index is 15.4. The zero-order valence-corrected chi connectivity index (χ0v) is 15.2. The minimum absolute atomic E-state index is 0.129. The second kappa shape index (κ2) is 6.04. The number of rotatable bonds is 3. The van der Waals surface area contributed by atoms with E-state index in [9.17, 15) is 19.1 Å². The Morgan fingerprint density at radius 3 is 2.68 bits per heavy atom. The molecule has 0 unspecified atom stereocenters. The van der Waals surface area contributed by atoms with Crippen LogP contribution in [0.5, 0.6) is 0 Å². The van der Waals surface area contributed by atoms with Crippen LogP contribution in [0.2, 0.25) is 0 Å². The standard InChI is InChI=1S/C18H17F2N5O3/c1-3-24-6-10(18(27)28)16(26)8-4-11(19)15(13(20)14(8)24)25-5-9-12(7-25)23(2)22-17(9)21/h4,6H,3,5,7H2,1-2H3,(H2,21,22)(H,27,28). The number of carboxylic acids is 1. The van der Waals surface area contributed by atoms with Crippen molar-refractivity contribution in [1.29, 1.82) is 0 Å². The summed E-state index contributed by atoms with van der Waals surface area (Å²) >= 11 is 0. The van der Waals surface area contributed by atoms with Crippen molar-refractivity contribution in [2.45, 2.75) is 26.6 Å². The Balaban J connectivity index is 1.95. The highest BCUT2D eigenvalue weighted by Crippen LogP contribution is 2.36. The quantitative estimate of drug-likeness (QED) is 0.708. The molecule has 4 rings (SSSR count). The Hall–Kier alpha value is -3.43. The molecule has 0 saturated heterocycles. The van der Waals surface area contributed by atoms with Gasteiger partial charge in [-0.25, -0.2) is 13.6 Å². The van der Waals surface area contributed by atoms with E-state index in [4.69, 9.17) is 5.73 Å². The maximum Gasteiger partial charge on any atom is 0.341 e. The number of aromatic nitrogens is 3. The summed E-state index contributed by atoms with van der Waals surface area (Å²) in [6.45, 7) is 2.27. The first kappa shape index (κ1) is 18.0. The molecule has 0 fully saturated rings. The Labute approximate surface area is 157 Å². The van der Waals surface area contributed by atoms with Crippen molar-refractivity contribution in [2.75, 3.05) is 10.6 Å². The van der Waals surface area contributed by atoms with Crippen molar-refractivity contribution in [2.24, 2.45) is 7.05 Å². The van der Waals surface area contributed by atoms with Crippen molar-refractivity contribution in [1.82, 2.24) is 14.3 Å². The first-order valence-corrected chi connectivity index (χ1v) is 8.58. The second-order valence-electron chi connectivity index (χ2n) is 6.67. The van der Waals surface area contributed by atoms with Gasteiger partial charge in [0.25, 0.3) is 0 Å². The number of nitrogen functional groups attached to an aromatic ring is 1. The number of benzene rings is 1. The average molecular weight is 389 g/mol. The smallest absolute Gasteiger partial charge is 0.341 e. The summed E-state index contributed by atoms with van der Waals surface area (Å²) in [7, 11) is 1.70. The zero-order valence-electron chi connectivity index (χ0n) is 15.2. The van der Waals surface area contributed by atoms with E-state index in [0.29, 0.717) is 11.4 Å². The largest absolute Gasteiger partial charge is 0.477 e. The van der Waals surface area contributed by atoms with Crippen molar-refractivity contribution in [3.8, 4) is 0 Å². The third kappa shape index (κ3) is 2.37. The number of fused-ring (bicyclic) bond motifs is 2. The number of hydrogen-bond acceptors (Lipinski definition) is 5. The Morgan fingerprint density at radius 2 is 2.07 bits per heavy atom. The summed E-state index contributed by atoms with van der Waals surface area (Å²) in [6, 6.07) is 0.902. The van der Waals surface area contributed by atoms with E-state index in [-0.39, 0.29) is 36.2 Å². The summed E-state index contributed by atoms with van der Waals surface area (Å²) in [4.78, 5) is 25.2. The minimum atomic E-state index is -1.45. The van der Waals surface area contributed by atoms with Gasteiger partial charge in [0.1, 0.15) is 17.1 Å². The van der Waals surface area contributed by atoms with E-state index in [1.165, 1.54) is 9.47 Å². The highest BCUT2D eigenvalue weighted by atomic mass is 19.1. The van der Waals surface area contributed by atoms with Crippen molar-refractivity contribution in [3.63, 3.8) is 0 Å². The molecule has 10 heteroatoms. The fourth-order valence-corrected chi connectivity index (χ4v) is 3.75. The van der Waals surface area contributed by atoms with Gasteiger partial charge in [-0.2, -0.15) is 5.10 Å². The minimum Gasteiger partial charge on any atom is -0.477 e. The molecule has 3 N–H and O–H groups in total. The van der Waals surface area contributed by atoms with Crippen molar-refractivity contribution < 1.29 is 18.7 Å². The van der Waals surface area contributed by atoms with E-state index in [2.05, 4.69) is 5.10 Å². The predicted octanol–water partition coefficient (Wildman–Crippen LogP) is 1.83. The van der Waals surface area contributed by atoms with E-state index in [0.717, 1.165) is 18.0 Å². The SMILES string of the molecule is CCn1cc(C(=O)O)c(=O)c2cc(F)c(N3Cc4c(N)nn(C)c4C3)c(F)c21. The van der Waals surface area contributed by atoms with Gasteiger partial charge < -0.3 is 20.3 Å². The number of nitrogens with two attached hydrogens (primary N) is 1. The van der Waals surface area contributed by atoms with E-state index in [1.54, 1.807) is 18.7 Å². The number of nitrogens with zero attached hydrogens (tertiary/aromatic N) is 4.